The Balaban J connectivity index is 4.43. The maximum Gasteiger partial charge on any atom is 0.309 e. The number of nitriles is 1. The number of hydrogen-bond acceptors (Lipinski definition) is 5. The number of methoxy groups -OCH3 is 1. The van der Waals surface area contributed by atoms with E-state index in [1.54, 1.807) is 13.8 Å². The lowest BCUT2D eigenvalue weighted by molar-refractivity contribution is -0.144. The van der Waals surface area contributed by atoms with Gasteiger partial charge < -0.3 is 4.74 Å². The molecule has 0 fully saturated rings. The normalized spacial score (nSPS) is 13.8. The number of sulfone groups is 1. The van der Waals surface area contributed by atoms with Crippen LogP contribution in [0.4, 0.5) is 0 Å². The van der Waals surface area contributed by atoms with Gasteiger partial charge in [-0.15, -0.1) is 0 Å². The van der Waals surface area contributed by atoms with Crippen molar-refractivity contribution in [3.63, 3.8) is 0 Å². The average Bonchev–Trinajstić information content (AvgIpc) is 2.25. The van der Waals surface area contributed by atoms with E-state index in [1.807, 2.05) is 6.07 Å². The van der Waals surface area contributed by atoms with Crippen LogP contribution in [0.2, 0.25) is 0 Å². The summed E-state index contributed by atoms with van der Waals surface area (Å²) < 4.78 is 27.9. The van der Waals surface area contributed by atoms with Crippen molar-refractivity contribution in [2.24, 2.45) is 11.3 Å². The van der Waals surface area contributed by atoms with Crippen LogP contribution in [0, 0.1) is 22.7 Å². The van der Waals surface area contributed by atoms with Gasteiger partial charge >= 0.3 is 5.97 Å². The van der Waals surface area contributed by atoms with Crippen molar-refractivity contribution < 1.29 is 17.9 Å². The van der Waals surface area contributed by atoms with E-state index in [-0.39, 0.29) is 17.9 Å². The van der Waals surface area contributed by atoms with Crippen molar-refractivity contribution in [3.05, 3.63) is 0 Å². The smallest absolute Gasteiger partial charge is 0.309 e. The molecule has 0 saturated carbocycles. The lowest BCUT2D eigenvalue weighted by Crippen LogP contribution is -2.26. The standard InChI is InChI=1S/C11H19NO4S/c1-9(10(13)16-4)7-17(14,15)6-5-11(2,3)8-12/h9H,5-7H2,1-4H3. The molecule has 0 aromatic carbocycles. The molecule has 0 rings (SSSR count). The summed E-state index contributed by atoms with van der Waals surface area (Å²) in [5.41, 5.74) is -0.665. The second kappa shape index (κ2) is 6.01. The third kappa shape index (κ3) is 6.27. The molecule has 0 aliphatic heterocycles. The summed E-state index contributed by atoms with van der Waals surface area (Å²) in [5.74, 6) is -1.53. The van der Waals surface area contributed by atoms with Gasteiger partial charge in [-0.1, -0.05) is 6.92 Å². The second-order valence-corrected chi connectivity index (χ2v) is 7.01. The van der Waals surface area contributed by atoms with E-state index < -0.39 is 27.1 Å². The predicted molar refractivity (Wildman–Crippen MR) is 63.8 cm³/mol. The Hall–Kier alpha value is -1.09. The van der Waals surface area contributed by atoms with Crippen LogP contribution in [0.5, 0.6) is 0 Å². The zero-order chi connectivity index (χ0) is 13.7. The minimum Gasteiger partial charge on any atom is -0.469 e. The average molecular weight is 261 g/mol. The number of ether oxygens (including phenoxy) is 1. The van der Waals surface area contributed by atoms with E-state index in [1.165, 1.54) is 14.0 Å². The number of nitrogens with zero attached hydrogens (tertiary/aromatic N) is 1. The molecule has 1 atom stereocenters. The van der Waals surface area contributed by atoms with Gasteiger partial charge in [0.05, 0.1) is 36.0 Å². The number of carbonyl (C=O) groups excluding carboxylic acids is 1. The highest BCUT2D eigenvalue weighted by Crippen LogP contribution is 2.20. The first-order valence-electron chi connectivity index (χ1n) is 5.33. The van der Waals surface area contributed by atoms with Crippen LogP contribution in [0.15, 0.2) is 0 Å². The molecular weight excluding hydrogens is 242 g/mol. The van der Waals surface area contributed by atoms with Gasteiger partial charge in [0, 0.05) is 0 Å². The van der Waals surface area contributed by atoms with Gasteiger partial charge in [-0.05, 0) is 20.3 Å². The first-order valence-corrected chi connectivity index (χ1v) is 7.15. The van der Waals surface area contributed by atoms with Gasteiger partial charge in [0.2, 0.25) is 0 Å². The Morgan fingerprint density at radius 3 is 2.41 bits per heavy atom. The summed E-state index contributed by atoms with van der Waals surface area (Å²) >= 11 is 0. The fraction of sp³-hybridized carbons (Fsp3) is 0.818. The van der Waals surface area contributed by atoms with Crippen molar-refractivity contribution in [3.8, 4) is 6.07 Å². The molecular formula is C11H19NO4S. The molecule has 0 spiro atoms. The largest absolute Gasteiger partial charge is 0.469 e. The fourth-order valence-electron chi connectivity index (χ4n) is 1.20. The monoisotopic (exact) mass is 261 g/mol. The summed E-state index contributed by atoms with van der Waals surface area (Å²) in [7, 11) is -2.10. The minimum absolute atomic E-state index is 0.0884. The lowest BCUT2D eigenvalue weighted by Gasteiger charge is -2.15. The van der Waals surface area contributed by atoms with E-state index >= 15 is 0 Å². The Morgan fingerprint density at radius 1 is 1.47 bits per heavy atom. The number of esters is 1. The lowest BCUT2D eigenvalue weighted by atomic mass is 9.93. The Morgan fingerprint density at radius 2 is 2.00 bits per heavy atom. The highest BCUT2D eigenvalue weighted by atomic mass is 32.2. The molecule has 1 unspecified atom stereocenters. The second-order valence-electron chi connectivity index (χ2n) is 4.78. The molecule has 0 aromatic rings. The van der Waals surface area contributed by atoms with Gasteiger partial charge in [-0.2, -0.15) is 5.26 Å². The summed E-state index contributed by atoms with van der Waals surface area (Å²) in [6.45, 7) is 4.89. The van der Waals surface area contributed by atoms with E-state index in [0.29, 0.717) is 0 Å². The van der Waals surface area contributed by atoms with Crippen LogP contribution in [0.1, 0.15) is 27.2 Å². The highest BCUT2D eigenvalue weighted by Gasteiger charge is 2.25. The number of carbonyl (C=O) groups is 1. The zero-order valence-corrected chi connectivity index (χ0v) is 11.5. The molecule has 6 heteroatoms. The first kappa shape index (κ1) is 15.9. The van der Waals surface area contributed by atoms with E-state index in [9.17, 15) is 13.2 Å². The van der Waals surface area contributed by atoms with Crippen LogP contribution < -0.4 is 0 Å². The molecule has 0 aliphatic carbocycles. The van der Waals surface area contributed by atoms with E-state index in [4.69, 9.17) is 5.26 Å². The van der Waals surface area contributed by atoms with Crippen LogP contribution in [0.25, 0.3) is 0 Å². The van der Waals surface area contributed by atoms with Gasteiger partial charge in [0.1, 0.15) is 0 Å². The van der Waals surface area contributed by atoms with E-state index in [2.05, 4.69) is 4.74 Å². The molecule has 0 saturated heterocycles. The summed E-state index contributed by atoms with van der Waals surface area (Å²) in [4.78, 5) is 11.1. The maximum absolute atomic E-state index is 11.7. The molecule has 98 valence electrons. The number of rotatable bonds is 6. The van der Waals surface area contributed by atoms with Crippen molar-refractivity contribution >= 4 is 15.8 Å². The van der Waals surface area contributed by atoms with Crippen molar-refractivity contribution in [1.82, 2.24) is 0 Å². The molecule has 0 amide bonds. The Labute approximate surface area is 103 Å². The fourth-order valence-corrected chi connectivity index (χ4v) is 3.09. The van der Waals surface area contributed by atoms with Crippen LogP contribution in [-0.4, -0.2) is 33.0 Å². The topological polar surface area (TPSA) is 84.2 Å². The molecule has 0 aromatic heterocycles. The van der Waals surface area contributed by atoms with Crippen molar-refractivity contribution in [2.45, 2.75) is 27.2 Å². The molecule has 0 heterocycles. The quantitative estimate of drug-likeness (QED) is 0.670. The number of hydrogen-bond donors (Lipinski definition) is 0. The molecule has 0 aliphatic rings. The summed E-state index contributed by atoms with van der Waals surface area (Å²) in [5, 5.41) is 8.78. The van der Waals surface area contributed by atoms with Crippen LogP contribution in [-0.2, 0) is 19.4 Å². The van der Waals surface area contributed by atoms with Crippen molar-refractivity contribution in [2.75, 3.05) is 18.6 Å². The van der Waals surface area contributed by atoms with Crippen LogP contribution in [0.3, 0.4) is 0 Å². The predicted octanol–water partition coefficient (Wildman–Crippen LogP) is 1.15. The Kier molecular flexibility index (Phi) is 5.62. The van der Waals surface area contributed by atoms with Gasteiger partial charge in [0.15, 0.2) is 9.84 Å². The van der Waals surface area contributed by atoms with Crippen molar-refractivity contribution in [1.29, 1.82) is 5.26 Å². The highest BCUT2D eigenvalue weighted by molar-refractivity contribution is 7.91. The third-order valence-corrected chi connectivity index (χ3v) is 4.28. The molecule has 5 nitrogen and oxygen atoms in total. The molecule has 0 N–H and O–H groups in total. The zero-order valence-electron chi connectivity index (χ0n) is 10.7. The van der Waals surface area contributed by atoms with Crippen LogP contribution >= 0.6 is 0 Å². The maximum atomic E-state index is 11.7. The molecule has 17 heavy (non-hydrogen) atoms. The Bertz CT molecular complexity index is 406. The van der Waals surface area contributed by atoms with Gasteiger partial charge in [-0.3, -0.25) is 4.79 Å². The third-order valence-electron chi connectivity index (χ3n) is 2.45. The minimum atomic E-state index is -3.33. The van der Waals surface area contributed by atoms with Gasteiger partial charge in [0.25, 0.3) is 0 Å². The summed E-state index contributed by atoms with van der Waals surface area (Å²) in [6, 6.07) is 2.05. The molecule has 0 bridgehead atoms. The first-order chi connectivity index (χ1) is 7.63. The van der Waals surface area contributed by atoms with E-state index in [0.717, 1.165) is 0 Å². The van der Waals surface area contributed by atoms with Gasteiger partial charge in [-0.25, -0.2) is 8.42 Å². The SMILES string of the molecule is COC(=O)C(C)CS(=O)(=O)CCC(C)(C)C#N. The summed E-state index contributed by atoms with van der Waals surface area (Å²) in [6.07, 6.45) is 0.264. The molecule has 0 radical (unpaired) electrons.